The van der Waals surface area contributed by atoms with Gasteiger partial charge in [-0.15, -0.1) is 11.3 Å². The van der Waals surface area contributed by atoms with Crippen molar-refractivity contribution < 1.29 is 8.42 Å². The van der Waals surface area contributed by atoms with Gasteiger partial charge in [-0.25, -0.2) is 18.1 Å². The predicted octanol–water partition coefficient (Wildman–Crippen LogP) is -0.0202. The molecular formula is C9H13N5O2S2. The number of nitrogens with zero attached hydrogens (tertiary/aromatic N) is 3. The first-order valence-electron chi connectivity index (χ1n) is 5.16. The Bertz CT molecular complexity index is 617. The second kappa shape index (κ2) is 5.04. The highest BCUT2D eigenvalue weighted by molar-refractivity contribution is 7.89. The number of aryl methyl sites for hydroxylation is 1. The highest BCUT2D eigenvalue weighted by atomic mass is 32.2. The maximum atomic E-state index is 11.9. The molecule has 0 bridgehead atoms. The molecule has 2 rings (SSSR count). The van der Waals surface area contributed by atoms with E-state index < -0.39 is 10.0 Å². The Kier molecular flexibility index (Phi) is 3.64. The maximum absolute atomic E-state index is 11.9. The number of thiazole rings is 1. The summed E-state index contributed by atoms with van der Waals surface area (Å²) in [7, 11) is -1.99. The van der Waals surface area contributed by atoms with E-state index in [9.17, 15) is 8.42 Å². The predicted molar refractivity (Wildman–Crippen MR) is 68.6 cm³/mol. The van der Waals surface area contributed by atoms with Crippen molar-refractivity contribution in [3.05, 3.63) is 22.8 Å². The van der Waals surface area contributed by atoms with E-state index in [0.717, 1.165) is 5.01 Å². The van der Waals surface area contributed by atoms with Crippen molar-refractivity contribution in [3.8, 4) is 0 Å². The van der Waals surface area contributed by atoms with Gasteiger partial charge < -0.3 is 5.73 Å². The summed E-state index contributed by atoms with van der Waals surface area (Å²) >= 11 is 1.49. The van der Waals surface area contributed by atoms with Crippen LogP contribution in [0.5, 0.6) is 0 Å². The van der Waals surface area contributed by atoms with E-state index in [4.69, 9.17) is 5.73 Å². The van der Waals surface area contributed by atoms with Crippen LogP contribution in [0.1, 0.15) is 5.01 Å². The summed E-state index contributed by atoms with van der Waals surface area (Å²) in [6, 6.07) is 0. The molecule has 0 saturated carbocycles. The Morgan fingerprint density at radius 1 is 1.56 bits per heavy atom. The van der Waals surface area contributed by atoms with Crippen LogP contribution in [-0.4, -0.2) is 29.7 Å². The van der Waals surface area contributed by atoms with Crippen LogP contribution in [0.25, 0.3) is 0 Å². The fourth-order valence-corrected chi connectivity index (χ4v) is 3.19. The Morgan fingerprint density at radius 2 is 2.33 bits per heavy atom. The standard InChI is InChI=1S/C9H13N5O2S2/c1-14-6-7(9(10)13-14)18(15,16)12-3-2-8-11-4-5-17-8/h4-6,12H,2-3H2,1H3,(H2,10,13). The molecule has 18 heavy (non-hydrogen) atoms. The fraction of sp³-hybridized carbons (Fsp3) is 0.333. The van der Waals surface area contributed by atoms with Gasteiger partial charge in [0.2, 0.25) is 10.0 Å². The van der Waals surface area contributed by atoms with Crippen LogP contribution < -0.4 is 10.5 Å². The van der Waals surface area contributed by atoms with Crippen molar-refractivity contribution in [2.24, 2.45) is 7.05 Å². The molecule has 0 aliphatic heterocycles. The molecule has 0 atom stereocenters. The molecule has 0 spiro atoms. The highest BCUT2D eigenvalue weighted by Gasteiger charge is 2.19. The topological polar surface area (TPSA) is 103 Å². The van der Waals surface area contributed by atoms with Crippen molar-refractivity contribution in [1.29, 1.82) is 0 Å². The molecule has 9 heteroatoms. The van der Waals surface area contributed by atoms with Crippen LogP contribution in [0.2, 0.25) is 0 Å². The summed E-state index contributed by atoms with van der Waals surface area (Å²) in [6.07, 6.45) is 3.62. The molecule has 7 nitrogen and oxygen atoms in total. The van der Waals surface area contributed by atoms with E-state index in [1.807, 2.05) is 5.38 Å². The lowest BCUT2D eigenvalue weighted by Gasteiger charge is -2.03. The summed E-state index contributed by atoms with van der Waals surface area (Å²) in [5, 5.41) is 6.54. The third kappa shape index (κ3) is 2.86. The number of nitrogens with one attached hydrogen (secondary N) is 1. The minimum absolute atomic E-state index is 0.000696. The molecule has 0 fully saturated rings. The Hall–Kier alpha value is -1.45. The van der Waals surface area contributed by atoms with Crippen LogP contribution >= 0.6 is 11.3 Å². The minimum Gasteiger partial charge on any atom is -0.381 e. The summed E-state index contributed by atoms with van der Waals surface area (Å²) in [5.41, 5.74) is 5.53. The SMILES string of the molecule is Cn1cc(S(=O)(=O)NCCc2nccs2)c(N)n1. The van der Waals surface area contributed by atoms with Gasteiger partial charge in [0, 0.05) is 37.8 Å². The monoisotopic (exact) mass is 287 g/mol. The van der Waals surface area contributed by atoms with E-state index >= 15 is 0 Å². The summed E-state index contributed by atoms with van der Waals surface area (Å²) in [6.45, 7) is 0.282. The number of aromatic nitrogens is 3. The maximum Gasteiger partial charge on any atom is 0.245 e. The smallest absolute Gasteiger partial charge is 0.245 e. The minimum atomic E-state index is -3.60. The first kappa shape index (κ1) is 13.0. The fourth-order valence-electron chi connectivity index (χ4n) is 1.44. The molecule has 2 aromatic rings. The molecule has 0 saturated heterocycles. The molecule has 0 aliphatic carbocycles. The lowest BCUT2D eigenvalue weighted by atomic mass is 10.5. The zero-order valence-corrected chi connectivity index (χ0v) is 11.3. The van der Waals surface area contributed by atoms with Gasteiger partial charge >= 0.3 is 0 Å². The molecule has 2 heterocycles. The second-order valence-corrected chi connectivity index (χ2v) is 6.34. The molecule has 0 aliphatic rings. The number of sulfonamides is 1. The quantitative estimate of drug-likeness (QED) is 0.804. The van der Waals surface area contributed by atoms with Gasteiger partial charge in [0.05, 0.1) is 5.01 Å². The van der Waals surface area contributed by atoms with E-state index in [1.54, 1.807) is 13.2 Å². The van der Waals surface area contributed by atoms with Gasteiger partial charge in [-0.1, -0.05) is 0 Å². The van der Waals surface area contributed by atoms with Crippen LogP contribution in [0.3, 0.4) is 0 Å². The second-order valence-electron chi connectivity index (χ2n) is 3.63. The number of nitrogens with two attached hydrogens (primary N) is 1. The summed E-state index contributed by atoms with van der Waals surface area (Å²) in [4.78, 5) is 4.08. The molecule has 0 radical (unpaired) electrons. The summed E-state index contributed by atoms with van der Waals surface area (Å²) < 4.78 is 27.7. The van der Waals surface area contributed by atoms with Gasteiger partial charge in [-0.3, -0.25) is 4.68 Å². The molecular weight excluding hydrogens is 274 g/mol. The third-order valence-electron chi connectivity index (χ3n) is 2.23. The van der Waals surface area contributed by atoms with Gasteiger partial charge in [0.1, 0.15) is 4.90 Å². The van der Waals surface area contributed by atoms with Crippen LogP contribution in [0.4, 0.5) is 5.82 Å². The van der Waals surface area contributed by atoms with Crippen molar-refractivity contribution in [1.82, 2.24) is 19.5 Å². The Morgan fingerprint density at radius 3 is 2.89 bits per heavy atom. The molecule has 3 N–H and O–H groups in total. The van der Waals surface area contributed by atoms with Crippen molar-refractivity contribution in [3.63, 3.8) is 0 Å². The van der Waals surface area contributed by atoms with Crippen molar-refractivity contribution >= 4 is 27.2 Å². The largest absolute Gasteiger partial charge is 0.381 e. The van der Waals surface area contributed by atoms with Gasteiger partial charge in [-0.05, 0) is 0 Å². The zero-order valence-electron chi connectivity index (χ0n) is 9.70. The lowest BCUT2D eigenvalue weighted by Crippen LogP contribution is -2.26. The van der Waals surface area contributed by atoms with Crippen molar-refractivity contribution in [2.75, 3.05) is 12.3 Å². The third-order valence-corrected chi connectivity index (χ3v) is 4.54. The van der Waals surface area contributed by atoms with Crippen LogP contribution in [-0.2, 0) is 23.5 Å². The number of nitrogen functional groups attached to an aromatic ring is 1. The van der Waals surface area contributed by atoms with E-state index in [1.165, 1.54) is 22.2 Å². The van der Waals surface area contributed by atoms with Crippen molar-refractivity contribution in [2.45, 2.75) is 11.3 Å². The number of hydrogen-bond donors (Lipinski definition) is 2. The van der Waals surface area contributed by atoms with Gasteiger partial charge in [0.25, 0.3) is 0 Å². The van der Waals surface area contributed by atoms with E-state index in [2.05, 4.69) is 14.8 Å². The Balaban J connectivity index is 2.02. The average Bonchev–Trinajstić information content (AvgIpc) is 2.88. The highest BCUT2D eigenvalue weighted by Crippen LogP contribution is 2.15. The number of hydrogen-bond acceptors (Lipinski definition) is 6. The molecule has 2 aromatic heterocycles. The normalized spacial score (nSPS) is 11.8. The first-order chi connectivity index (χ1) is 8.49. The first-order valence-corrected chi connectivity index (χ1v) is 7.52. The zero-order chi connectivity index (χ0) is 13.2. The molecule has 0 aromatic carbocycles. The summed E-state index contributed by atoms with van der Waals surface area (Å²) in [5.74, 6) is -0.000696. The number of anilines is 1. The van der Waals surface area contributed by atoms with E-state index in [-0.39, 0.29) is 17.3 Å². The lowest BCUT2D eigenvalue weighted by molar-refractivity contribution is 0.581. The van der Waals surface area contributed by atoms with Gasteiger partial charge in [0.15, 0.2) is 5.82 Å². The number of rotatable bonds is 5. The molecule has 0 amide bonds. The molecule has 0 unspecified atom stereocenters. The molecule has 98 valence electrons. The van der Waals surface area contributed by atoms with E-state index in [0.29, 0.717) is 6.42 Å². The van der Waals surface area contributed by atoms with Gasteiger partial charge in [-0.2, -0.15) is 5.10 Å². The Labute approximate surface area is 109 Å². The van der Waals surface area contributed by atoms with Crippen LogP contribution in [0, 0.1) is 0 Å². The van der Waals surface area contributed by atoms with Crippen LogP contribution in [0.15, 0.2) is 22.7 Å². The average molecular weight is 287 g/mol.